The van der Waals surface area contributed by atoms with E-state index >= 15 is 0 Å². The quantitative estimate of drug-likeness (QED) is 0.704. The number of ether oxygens (including phenoxy) is 1. The maximum absolute atomic E-state index is 8.74. The van der Waals surface area contributed by atoms with E-state index in [4.69, 9.17) is 9.84 Å². The first-order chi connectivity index (χ1) is 6.36. The van der Waals surface area contributed by atoms with Crippen LogP contribution in [0.25, 0.3) is 0 Å². The molecule has 3 heteroatoms. The van der Waals surface area contributed by atoms with E-state index in [0.717, 1.165) is 25.2 Å². The summed E-state index contributed by atoms with van der Waals surface area (Å²) in [4.78, 5) is 4.00. The average molecular weight is 181 g/mol. The molecule has 0 aliphatic carbocycles. The zero-order valence-electron chi connectivity index (χ0n) is 7.86. The third kappa shape index (κ3) is 3.42. The van der Waals surface area contributed by atoms with E-state index in [1.54, 1.807) is 12.3 Å². The first-order valence-electron chi connectivity index (χ1n) is 4.55. The lowest BCUT2D eigenvalue weighted by molar-refractivity contribution is 0.275. The molecule has 0 amide bonds. The number of nitrogens with zero attached hydrogens (tertiary/aromatic N) is 1. The highest BCUT2D eigenvalue weighted by atomic mass is 16.5. The summed E-state index contributed by atoms with van der Waals surface area (Å²) in [7, 11) is 0. The second-order valence-corrected chi connectivity index (χ2v) is 2.85. The van der Waals surface area contributed by atoms with Crippen LogP contribution in [0.5, 0.6) is 5.75 Å². The Morgan fingerprint density at radius 1 is 1.46 bits per heavy atom. The molecule has 0 spiro atoms. The molecule has 0 saturated heterocycles. The SMILES string of the molecule is CCCCOc1ccc(CO)nc1. The molecule has 0 saturated carbocycles. The molecular formula is C10H15NO2. The van der Waals surface area contributed by atoms with Crippen molar-refractivity contribution in [1.82, 2.24) is 4.98 Å². The van der Waals surface area contributed by atoms with E-state index in [0.29, 0.717) is 5.69 Å². The number of aromatic nitrogens is 1. The number of hydrogen-bond donors (Lipinski definition) is 1. The van der Waals surface area contributed by atoms with Crippen LogP contribution in [-0.2, 0) is 6.61 Å². The number of aliphatic hydroxyl groups is 1. The van der Waals surface area contributed by atoms with Gasteiger partial charge in [-0.05, 0) is 18.6 Å². The van der Waals surface area contributed by atoms with E-state index in [9.17, 15) is 0 Å². The average Bonchev–Trinajstić information content (AvgIpc) is 2.19. The third-order valence-corrected chi connectivity index (χ3v) is 1.73. The number of rotatable bonds is 5. The fourth-order valence-electron chi connectivity index (χ4n) is 0.924. The maximum Gasteiger partial charge on any atom is 0.137 e. The van der Waals surface area contributed by atoms with Gasteiger partial charge in [0.1, 0.15) is 5.75 Å². The minimum absolute atomic E-state index is 0.0186. The molecule has 0 unspecified atom stereocenters. The molecule has 0 atom stereocenters. The predicted octanol–water partition coefficient (Wildman–Crippen LogP) is 1.75. The standard InChI is InChI=1S/C10H15NO2/c1-2-3-6-13-10-5-4-9(8-12)11-7-10/h4-5,7,12H,2-3,6,8H2,1H3. The molecule has 3 nitrogen and oxygen atoms in total. The van der Waals surface area contributed by atoms with E-state index in [-0.39, 0.29) is 6.61 Å². The molecular weight excluding hydrogens is 166 g/mol. The second-order valence-electron chi connectivity index (χ2n) is 2.85. The summed E-state index contributed by atoms with van der Waals surface area (Å²) in [6.07, 6.45) is 3.82. The van der Waals surface area contributed by atoms with Crippen molar-refractivity contribution in [2.75, 3.05) is 6.61 Å². The monoisotopic (exact) mass is 181 g/mol. The predicted molar refractivity (Wildman–Crippen MR) is 50.6 cm³/mol. The van der Waals surface area contributed by atoms with Crippen molar-refractivity contribution in [3.63, 3.8) is 0 Å². The van der Waals surface area contributed by atoms with Gasteiger partial charge in [-0.2, -0.15) is 0 Å². The third-order valence-electron chi connectivity index (χ3n) is 1.73. The van der Waals surface area contributed by atoms with Crippen LogP contribution >= 0.6 is 0 Å². The van der Waals surface area contributed by atoms with Crippen LogP contribution in [0, 0.1) is 0 Å². The lowest BCUT2D eigenvalue weighted by Gasteiger charge is -2.04. The van der Waals surface area contributed by atoms with Gasteiger partial charge in [-0.15, -0.1) is 0 Å². The van der Waals surface area contributed by atoms with Gasteiger partial charge in [0.2, 0.25) is 0 Å². The molecule has 0 aromatic carbocycles. The van der Waals surface area contributed by atoms with E-state index < -0.39 is 0 Å². The molecule has 1 N–H and O–H groups in total. The van der Waals surface area contributed by atoms with Crippen LogP contribution in [-0.4, -0.2) is 16.7 Å². The minimum atomic E-state index is -0.0186. The molecule has 13 heavy (non-hydrogen) atoms. The summed E-state index contributed by atoms with van der Waals surface area (Å²) < 4.78 is 5.40. The molecule has 72 valence electrons. The highest BCUT2D eigenvalue weighted by Crippen LogP contribution is 2.09. The van der Waals surface area contributed by atoms with Gasteiger partial charge in [-0.25, -0.2) is 0 Å². The first-order valence-corrected chi connectivity index (χ1v) is 4.55. The molecule has 1 heterocycles. The lowest BCUT2D eigenvalue weighted by atomic mass is 10.3. The van der Waals surface area contributed by atoms with E-state index in [2.05, 4.69) is 11.9 Å². The molecule has 0 fully saturated rings. The van der Waals surface area contributed by atoms with Gasteiger partial charge in [-0.3, -0.25) is 4.98 Å². The molecule has 1 aromatic heterocycles. The zero-order valence-corrected chi connectivity index (χ0v) is 7.86. The molecule has 1 aromatic rings. The Morgan fingerprint density at radius 3 is 2.85 bits per heavy atom. The molecule has 1 rings (SSSR count). The van der Waals surface area contributed by atoms with Gasteiger partial charge in [0.05, 0.1) is 25.1 Å². The number of hydrogen-bond acceptors (Lipinski definition) is 3. The normalized spacial score (nSPS) is 10.0. The van der Waals surface area contributed by atoms with Crippen LogP contribution in [0.2, 0.25) is 0 Å². The Bertz CT molecular complexity index is 233. The van der Waals surface area contributed by atoms with E-state index in [1.807, 2.05) is 6.07 Å². The topological polar surface area (TPSA) is 42.4 Å². The lowest BCUT2D eigenvalue weighted by Crippen LogP contribution is -1.97. The minimum Gasteiger partial charge on any atom is -0.492 e. The number of pyridine rings is 1. The largest absolute Gasteiger partial charge is 0.492 e. The summed E-state index contributed by atoms with van der Waals surface area (Å²) in [5.74, 6) is 0.769. The summed E-state index contributed by atoms with van der Waals surface area (Å²) in [6, 6.07) is 3.59. The van der Waals surface area contributed by atoms with Gasteiger partial charge in [0, 0.05) is 0 Å². The van der Waals surface area contributed by atoms with Gasteiger partial charge >= 0.3 is 0 Å². The second kappa shape index (κ2) is 5.54. The van der Waals surface area contributed by atoms with Gasteiger partial charge in [-0.1, -0.05) is 13.3 Å². The number of aliphatic hydroxyl groups excluding tert-OH is 1. The Morgan fingerprint density at radius 2 is 2.31 bits per heavy atom. The molecule has 0 aliphatic rings. The summed E-state index contributed by atoms with van der Waals surface area (Å²) in [6.45, 7) is 2.84. The van der Waals surface area contributed by atoms with Crippen LogP contribution in [0.15, 0.2) is 18.3 Å². The van der Waals surface area contributed by atoms with Crippen LogP contribution in [0.3, 0.4) is 0 Å². The Kier molecular flexibility index (Phi) is 4.26. The van der Waals surface area contributed by atoms with Crippen molar-refractivity contribution >= 4 is 0 Å². The molecule has 0 bridgehead atoms. The van der Waals surface area contributed by atoms with Gasteiger partial charge < -0.3 is 9.84 Å². The van der Waals surface area contributed by atoms with Gasteiger partial charge in [0.15, 0.2) is 0 Å². The van der Waals surface area contributed by atoms with Crippen molar-refractivity contribution in [1.29, 1.82) is 0 Å². The van der Waals surface area contributed by atoms with E-state index in [1.165, 1.54) is 0 Å². The zero-order chi connectivity index (χ0) is 9.52. The first kappa shape index (κ1) is 9.99. The van der Waals surface area contributed by atoms with Crippen molar-refractivity contribution in [2.24, 2.45) is 0 Å². The summed E-state index contributed by atoms with van der Waals surface area (Å²) in [5, 5.41) is 8.74. The van der Waals surface area contributed by atoms with Crippen molar-refractivity contribution in [3.05, 3.63) is 24.0 Å². The van der Waals surface area contributed by atoms with Crippen LogP contribution in [0.4, 0.5) is 0 Å². The van der Waals surface area contributed by atoms with Crippen LogP contribution in [0.1, 0.15) is 25.5 Å². The highest BCUT2D eigenvalue weighted by molar-refractivity contribution is 5.19. The maximum atomic E-state index is 8.74. The van der Waals surface area contributed by atoms with Crippen molar-refractivity contribution in [3.8, 4) is 5.75 Å². The molecule has 0 radical (unpaired) electrons. The Balaban J connectivity index is 2.40. The summed E-state index contributed by atoms with van der Waals surface area (Å²) >= 11 is 0. The highest BCUT2D eigenvalue weighted by Gasteiger charge is 1.94. The van der Waals surface area contributed by atoms with Crippen molar-refractivity contribution in [2.45, 2.75) is 26.4 Å². The molecule has 0 aliphatic heterocycles. The van der Waals surface area contributed by atoms with Crippen molar-refractivity contribution < 1.29 is 9.84 Å². The smallest absolute Gasteiger partial charge is 0.137 e. The Hall–Kier alpha value is -1.09. The fraction of sp³-hybridized carbons (Fsp3) is 0.500. The Labute approximate surface area is 78.4 Å². The van der Waals surface area contributed by atoms with Gasteiger partial charge in [0.25, 0.3) is 0 Å². The van der Waals surface area contributed by atoms with Crippen LogP contribution < -0.4 is 4.74 Å². The summed E-state index contributed by atoms with van der Waals surface area (Å²) in [5.41, 5.74) is 0.669. The number of unbranched alkanes of at least 4 members (excludes halogenated alkanes) is 1. The fourth-order valence-corrected chi connectivity index (χ4v) is 0.924.